The number of fused-ring (bicyclic) bond motifs is 1. The zero-order chi connectivity index (χ0) is 33.2. The first-order chi connectivity index (χ1) is 22.0. The molecule has 0 radical (unpaired) electrons. The molecular weight excluding hydrogens is 598 g/mol. The maximum Gasteiger partial charge on any atom is 0.409 e. The normalized spacial score (nSPS) is 16.3. The van der Waals surface area contributed by atoms with Crippen molar-refractivity contribution in [3.63, 3.8) is 0 Å². The Hall–Kier alpha value is -4.46. The molecule has 2 aromatic rings. The number of pyridine rings is 1. The van der Waals surface area contributed by atoms with E-state index in [4.69, 9.17) is 14.2 Å². The van der Waals surface area contributed by atoms with Gasteiger partial charge in [0.15, 0.2) is 6.61 Å². The predicted octanol–water partition coefficient (Wildman–Crippen LogP) is 2.29. The summed E-state index contributed by atoms with van der Waals surface area (Å²) in [6.07, 6.45) is 0.791. The number of carboxylic acids is 1. The zero-order valence-corrected chi connectivity index (χ0v) is 26.6. The molecule has 1 unspecified atom stereocenters. The highest BCUT2D eigenvalue weighted by molar-refractivity contribution is 5.99. The minimum absolute atomic E-state index is 0.0481. The molecule has 14 heteroatoms. The van der Waals surface area contributed by atoms with E-state index in [9.17, 15) is 29.1 Å². The Kier molecular flexibility index (Phi) is 12.1. The van der Waals surface area contributed by atoms with Crippen molar-refractivity contribution in [3.8, 4) is 5.75 Å². The first-order valence-corrected chi connectivity index (χ1v) is 15.7. The molecule has 2 fully saturated rings. The largest absolute Gasteiger partial charge is 0.483 e. The van der Waals surface area contributed by atoms with E-state index in [1.807, 2.05) is 13.8 Å². The number of amides is 4. The second kappa shape index (κ2) is 16.2. The van der Waals surface area contributed by atoms with Crippen LogP contribution in [0.3, 0.4) is 0 Å². The van der Waals surface area contributed by atoms with E-state index in [2.05, 4.69) is 10.3 Å². The summed E-state index contributed by atoms with van der Waals surface area (Å²) in [7, 11) is 0. The second-order valence-electron chi connectivity index (χ2n) is 11.5. The van der Waals surface area contributed by atoms with Crippen LogP contribution in [0.4, 0.5) is 4.79 Å². The number of carbonyl (C=O) groups is 5. The van der Waals surface area contributed by atoms with Crippen LogP contribution >= 0.6 is 0 Å². The molecule has 1 aromatic carbocycles. The van der Waals surface area contributed by atoms with E-state index in [1.165, 1.54) is 15.9 Å². The van der Waals surface area contributed by atoms with Gasteiger partial charge in [0, 0.05) is 57.1 Å². The maximum atomic E-state index is 13.5. The minimum atomic E-state index is -1.14. The van der Waals surface area contributed by atoms with E-state index < -0.39 is 29.9 Å². The number of carbonyl (C=O) groups excluding carboxylic acids is 4. The van der Waals surface area contributed by atoms with Gasteiger partial charge in [-0.2, -0.15) is 0 Å². The van der Waals surface area contributed by atoms with Crippen LogP contribution in [0.1, 0.15) is 56.9 Å². The number of piperidine rings is 1. The number of ether oxygens (including phenoxy) is 3. The SMILES string of the molecule is CCOC(=O)N1CCN(C(=O)C(CCC(=O)O)NC(=O)c2cc(OCC(=O)N3CCC(OC(C)C)CC3)c3ccccc3n2)CC1. The van der Waals surface area contributed by atoms with Gasteiger partial charge in [-0.15, -0.1) is 0 Å². The van der Waals surface area contributed by atoms with Gasteiger partial charge in [0.1, 0.15) is 17.5 Å². The third-order valence-corrected chi connectivity index (χ3v) is 7.89. The Labute approximate surface area is 267 Å². The van der Waals surface area contributed by atoms with Crippen molar-refractivity contribution in [1.82, 2.24) is 25.0 Å². The summed E-state index contributed by atoms with van der Waals surface area (Å²) in [6, 6.07) is 7.30. The molecule has 2 N–H and O–H groups in total. The Balaban J connectivity index is 1.44. The summed E-state index contributed by atoms with van der Waals surface area (Å²) >= 11 is 0. The molecule has 1 atom stereocenters. The number of likely N-dealkylation sites (tertiary alicyclic amines) is 1. The molecule has 0 saturated carbocycles. The first kappa shape index (κ1) is 34.4. The number of piperazine rings is 1. The van der Waals surface area contributed by atoms with Crippen LogP contribution in [-0.4, -0.2) is 125 Å². The molecule has 14 nitrogen and oxygen atoms in total. The van der Waals surface area contributed by atoms with Crippen LogP contribution in [0, 0.1) is 0 Å². The number of hydrogen-bond donors (Lipinski definition) is 2. The lowest BCUT2D eigenvalue weighted by Crippen LogP contribution is -2.56. The summed E-state index contributed by atoms with van der Waals surface area (Å²) in [5.41, 5.74) is 0.404. The third kappa shape index (κ3) is 9.28. The number of aromatic nitrogens is 1. The molecule has 4 rings (SSSR count). The Bertz CT molecular complexity index is 1400. The molecule has 4 amide bonds. The minimum Gasteiger partial charge on any atom is -0.483 e. The van der Waals surface area contributed by atoms with Gasteiger partial charge < -0.3 is 39.3 Å². The summed E-state index contributed by atoms with van der Waals surface area (Å²) < 4.78 is 16.8. The van der Waals surface area contributed by atoms with E-state index in [0.717, 1.165) is 12.8 Å². The van der Waals surface area contributed by atoms with Crippen LogP contribution in [0.25, 0.3) is 10.9 Å². The fraction of sp³-hybridized carbons (Fsp3) is 0.562. The van der Waals surface area contributed by atoms with Crippen molar-refractivity contribution < 1.29 is 43.3 Å². The molecule has 0 aliphatic carbocycles. The monoisotopic (exact) mass is 641 g/mol. The lowest BCUT2D eigenvalue weighted by molar-refractivity contribution is -0.139. The topological polar surface area (TPSA) is 168 Å². The van der Waals surface area contributed by atoms with Crippen molar-refractivity contribution >= 4 is 40.7 Å². The number of benzene rings is 1. The van der Waals surface area contributed by atoms with Gasteiger partial charge in [0.25, 0.3) is 11.8 Å². The average Bonchev–Trinajstić information content (AvgIpc) is 3.05. The highest BCUT2D eigenvalue weighted by atomic mass is 16.6. The molecule has 2 aliphatic rings. The smallest absolute Gasteiger partial charge is 0.409 e. The third-order valence-electron chi connectivity index (χ3n) is 7.89. The highest BCUT2D eigenvalue weighted by Gasteiger charge is 2.31. The lowest BCUT2D eigenvalue weighted by Gasteiger charge is -2.35. The number of hydrogen-bond acceptors (Lipinski definition) is 9. The lowest BCUT2D eigenvalue weighted by atomic mass is 10.1. The van der Waals surface area contributed by atoms with Crippen LogP contribution in [0.15, 0.2) is 30.3 Å². The molecular formula is C32H43N5O9. The van der Waals surface area contributed by atoms with Crippen molar-refractivity contribution in [2.75, 3.05) is 52.5 Å². The summed E-state index contributed by atoms with van der Waals surface area (Å²) in [5.74, 6) is -2.16. The summed E-state index contributed by atoms with van der Waals surface area (Å²) in [4.78, 5) is 72.5. The van der Waals surface area contributed by atoms with Gasteiger partial charge in [0.05, 0.1) is 24.3 Å². The molecule has 46 heavy (non-hydrogen) atoms. The van der Waals surface area contributed by atoms with E-state index >= 15 is 0 Å². The fourth-order valence-electron chi connectivity index (χ4n) is 5.54. The van der Waals surface area contributed by atoms with Gasteiger partial charge >= 0.3 is 12.1 Å². The van der Waals surface area contributed by atoms with Gasteiger partial charge in [-0.1, -0.05) is 12.1 Å². The van der Waals surface area contributed by atoms with Crippen molar-refractivity contribution in [1.29, 1.82) is 0 Å². The van der Waals surface area contributed by atoms with Crippen LogP contribution in [0.2, 0.25) is 0 Å². The fourth-order valence-corrected chi connectivity index (χ4v) is 5.54. The van der Waals surface area contributed by atoms with Crippen LogP contribution < -0.4 is 10.1 Å². The maximum absolute atomic E-state index is 13.5. The average molecular weight is 642 g/mol. The van der Waals surface area contributed by atoms with Crippen LogP contribution in [0.5, 0.6) is 5.75 Å². The zero-order valence-electron chi connectivity index (χ0n) is 26.6. The molecule has 250 valence electrons. The Morgan fingerprint density at radius 3 is 2.30 bits per heavy atom. The molecule has 1 aromatic heterocycles. The number of nitrogens with one attached hydrogen (secondary N) is 1. The first-order valence-electron chi connectivity index (χ1n) is 15.7. The van der Waals surface area contributed by atoms with E-state index in [0.29, 0.717) is 24.0 Å². The number of para-hydroxylation sites is 1. The summed E-state index contributed by atoms with van der Waals surface area (Å²) in [5, 5.41) is 12.6. The van der Waals surface area contributed by atoms with Crippen molar-refractivity contribution in [3.05, 3.63) is 36.0 Å². The number of carboxylic acid groups (broad SMARTS) is 1. The Morgan fingerprint density at radius 2 is 1.65 bits per heavy atom. The molecule has 0 spiro atoms. The number of nitrogens with zero attached hydrogens (tertiary/aromatic N) is 4. The summed E-state index contributed by atoms with van der Waals surface area (Å²) in [6.45, 7) is 7.73. The Morgan fingerprint density at radius 1 is 0.978 bits per heavy atom. The quantitative estimate of drug-likeness (QED) is 0.351. The van der Waals surface area contributed by atoms with E-state index in [-0.39, 0.29) is 81.8 Å². The molecule has 2 aliphatic heterocycles. The van der Waals surface area contributed by atoms with Gasteiger partial charge in [-0.05, 0) is 52.2 Å². The molecule has 3 heterocycles. The van der Waals surface area contributed by atoms with E-state index in [1.54, 1.807) is 36.1 Å². The van der Waals surface area contributed by atoms with Crippen molar-refractivity contribution in [2.45, 2.75) is 64.7 Å². The molecule has 0 bridgehead atoms. The standard InChI is InChI=1S/C32H43N5O9/c1-4-44-32(43)37-17-15-36(16-18-37)31(42)25(9-10-29(39)40)34-30(41)26-19-27(23-7-5-6-8-24(23)33-26)45-20-28(38)35-13-11-22(12-14-35)46-21(2)3/h5-8,19,21-22,25H,4,9-18,20H2,1-3H3,(H,34,41)(H,39,40). The van der Waals surface area contributed by atoms with Crippen molar-refractivity contribution in [2.24, 2.45) is 0 Å². The molecule has 2 saturated heterocycles. The predicted molar refractivity (Wildman–Crippen MR) is 166 cm³/mol. The van der Waals surface area contributed by atoms with Gasteiger partial charge in [-0.25, -0.2) is 9.78 Å². The number of aliphatic carboxylic acids is 1. The van der Waals surface area contributed by atoms with Gasteiger partial charge in [0.2, 0.25) is 5.91 Å². The number of rotatable bonds is 12. The van der Waals surface area contributed by atoms with Crippen LogP contribution in [-0.2, 0) is 23.9 Å². The van der Waals surface area contributed by atoms with Gasteiger partial charge in [-0.3, -0.25) is 19.2 Å². The highest BCUT2D eigenvalue weighted by Crippen LogP contribution is 2.26. The second-order valence-corrected chi connectivity index (χ2v) is 11.5.